The normalized spacial score (nSPS) is 11.8. The summed E-state index contributed by atoms with van der Waals surface area (Å²) in [6.45, 7) is 6.50. The molecule has 0 saturated heterocycles. The van der Waals surface area contributed by atoms with Crippen molar-refractivity contribution < 1.29 is 0 Å². The van der Waals surface area contributed by atoms with Gasteiger partial charge in [-0.3, -0.25) is 0 Å². The second-order valence-corrected chi connectivity index (χ2v) is 4.86. The van der Waals surface area contributed by atoms with Crippen molar-refractivity contribution in [1.29, 1.82) is 0 Å². The molecular weight excluding hydrogens is 192 g/mol. The molecule has 0 fully saturated rings. The van der Waals surface area contributed by atoms with E-state index in [1.807, 2.05) is 0 Å². The summed E-state index contributed by atoms with van der Waals surface area (Å²) in [4.78, 5) is 0. The number of hydrogen-bond donors (Lipinski definition) is 0. The predicted molar refractivity (Wildman–Crippen MR) is 73.4 cm³/mol. The third kappa shape index (κ3) is 2.16. The van der Waals surface area contributed by atoms with E-state index >= 15 is 0 Å². The smallest absolute Gasteiger partial charge is 0.00389 e. The fourth-order valence-corrected chi connectivity index (χ4v) is 1.86. The summed E-state index contributed by atoms with van der Waals surface area (Å²) in [7, 11) is 0. The Morgan fingerprint density at radius 2 is 1.19 bits per heavy atom. The first-order valence-corrected chi connectivity index (χ1v) is 5.88. The highest BCUT2D eigenvalue weighted by Crippen LogP contribution is 2.30. The molecule has 0 aliphatic heterocycles. The molecule has 0 aromatic heterocycles. The van der Waals surface area contributed by atoms with E-state index in [9.17, 15) is 0 Å². The van der Waals surface area contributed by atoms with E-state index in [0.717, 1.165) is 5.92 Å². The second kappa shape index (κ2) is 4.52. The highest BCUT2D eigenvalue weighted by molar-refractivity contribution is 6.04. The maximum atomic E-state index is 2.18. The molecule has 0 unspecified atom stereocenters. The van der Waals surface area contributed by atoms with Gasteiger partial charge in [0.05, 0.1) is 0 Å². The molecule has 1 aliphatic rings. The van der Waals surface area contributed by atoms with Gasteiger partial charge in [-0.25, -0.2) is 0 Å². The van der Waals surface area contributed by atoms with Gasteiger partial charge in [0.25, 0.3) is 0 Å². The Balaban J connectivity index is 0.000000212. The lowest BCUT2D eigenvalue weighted by molar-refractivity contribution is 0.737. The zero-order valence-corrected chi connectivity index (χ0v) is 10.2. The van der Waals surface area contributed by atoms with Gasteiger partial charge in [0.1, 0.15) is 0 Å². The molecule has 0 saturated carbocycles. The first-order chi connectivity index (χ1) is 7.68. The van der Waals surface area contributed by atoms with Crippen LogP contribution >= 0.6 is 0 Å². The van der Waals surface area contributed by atoms with Gasteiger partial charge in [-0.15, -0.1) is 0 Å². The van der Waals surface area contributed by atoms with Crippen LogP contribution in [-0.4, -0.2) is 0 Å². The van der Waals surface area contributed by atoms with Crippen molar-refractivity contribution in [2.45, 2.75) is 20.8 Å². The van der Waals surface area contributed by atoms with Gasteiger partial charge in [-0.05, 0) is 27.8 Å². The molecule has 2 aromatic carbocycles. The lowest BCUT2D eigenvalue weighted by atomic mass is 10.0. The van der Waals surface area contributed by atoms with Gasteiger partial charge >= 0.3 is 0 Å². The van der Waals surface area contributed by atoms with Crippen LogP contribution in [0.2, 0.25) is 0 Å². The summed E-state index contributed by atoms with van der Waals surface area (Å²) in [6.07, 6.45) is 4.36. The maximum Gasteiger partial charge on any atom is -0.00389 e. The summed E-state index contributed by atoms with van der Waals surface area (Å²) < 4.78 is 0. The van der Waals surface area contributed by atoms with E-state index in [4.69, 9.17) is 0 Å². The minimum atomic E-state index is 0.833. The Morgan fingerprint density at radius 1 is 0.750 bits per heavy atom. The first-order valence-electron chi connectivity index (χ1n) is 5.88. The molecular formula is C16H18. The van der Waals surface area contributed by atoms with Gasteiger partial charge in [0.2, 0.25) is 0 Å². The SMILES string of the molecule is C1=Cc2cccc3cccc1c23.CC(C)C. The van der Waals surface area contributed by atoms with Crippen LogP contribution in [0.15, 0.2) is 36.4 Å². The van der Waals surface area contributed by atoms with Crippen LogP contribution in [-0.2, 0) is 0 Å². The van der Waals surface area contributed by atoms with Crippen LogP contribution < -0.4 is 0 Å². The summed E-state index contributed by atoms with van der Waals surface area (Å²) in [5.41, 5.74) is 2.70. The Hall–Kier alpha value is -1.56. The van der Waals surface area contributed by atoms with Crippen molar-refractivity contribution in [3.05, 3.63) is 47.5 Å². The molecule has 82 valence electrons. The van der Waals surface area contributed by atoms with Gasteiger partial charge < -0.3 is 0 Å². The minimum absolute atomic E-state index is 0.833. The molecule has 0 N–H and O–H groups in total. The second-order valence-electron chi connectivity index (χ2n) is 4.86. The molecule has 0 spiro atoms. The molecule has 16 heavy (non-hydrogen) atoms. The monoisotopic (exact) mass is 210 g/mol. The van der Waals surface area contributed by atoms with Gasteiger partial charge in [0, 0.05) is 0 Å². The zero-order valence-electron chi connectivity index (χ0n) is 10.2. The summed E-state index contributed by atoms with van der Waals surface area (Å²) >= 11 is 0. The highest BCUT2D eigenvalue weighted by Gasteiger charge is 2.06. The standard InChI is InChI=1S/C12H8.C4H10/c1-3-9-4-2-6-11-8-7-10(5-1)12(9)11;1-4(2)3/h1-8H;4H,1-3H3. The van der Waals surface area contributed by atoms with Crippen molar-refractivity contribution in [2.75, 3.05) is 0 Å². The third-order valence-electron chi connectivity index (χ3n) is 2.41. The largest absolute Gasteiger partial charge is 0.0630 e. The fraction of sp³-hybridized carbons (Fsp3) is 0.250. The Bertz CT molecular complexity index is 475. The lowest BCUT2D eigenvalue weighted by Crippen LogP contribution is -1.76. The van der Waals surface area contributed by atoms with E-state index in [1.54, 1.807) is 0 Å². The summed E-state index contributed by atoms with van der Waals surface area (Å²) in [6, 6.07) is 12.9. The van der Waals surface area contributed by atoms with E-state index in [0.29, 0.717) is 0 Å². The first kappa shape index (κ1) is 10.9. The van der Waals surface area contributed by atoms with Gasteiger partial charge in [-0.1, -0.05) is 69.3 Å². The van der Waals surface area contributed by atoms with Gasteiger partial charge in [0.15, 0.2) is 0 Å². The minimum Gasteiger partial charge on any atom is -0.0630 e. The topological polar surface area (TPSA) is 0 Å². The Labute approximate surface area is 97.6 Å². The molecule has 0 heteroatoms. The van der Waals surface area contributed by atoms with Crippen LogP contribution in [0.5, 0.6) is 0 Å². The van der Waals surface area contributed by atoms with Crippen molar-refractivity contribution in [3.8, 4) is 0 Å². The van der Waals surface area contributed by atoms with E-state index in [2.05, 4.69) is 69.3 Å². The van der Waals surface area contributed by atoms with E-state index < -0.39 is 0 Å². The average molecular weight is 210 g/mol. The van der Waals surface area contributed by atoms with Crippen LogP contribution in [0.1, 0.15) is 31.9 Å². The molecule has 0 heterocycles. The fourth-order valence-electron chi connectivity index (χ4n) is 1.86. The third-order valence-corrected chi connectivity index (χ3v) is 2.41. The molecule has 0 bridgehead atoms. The van der Waals surface area contributed by atoms with Crippen LogP contribution in [0.3, 0.4) is 0 Å². The zero-order chi connectivity index (χ0) is 11.5. The average Bonchev–Trinajstić information content (AvgIpc) is 2.64. The highest BCUT2D eigenvalue weighted by atomic mass is 14.1. The Kier molecular flexibility index (Phi) is 3.09. The van der Waals surface area contributed by atoms with Gasteiger partial charge in [-0.2, -0.15) is 0 Å². The van der Waals surface area contributed by atoms with Crippen LogP contribution in [0.25, 0.3) is 22.9 Å². The molecule has 2 aromatic rings. The summed E-state index contributed by atoms with van der Waals surface area (Å²) in [5.74, 6) is 0.833. The molecule has 3 rings (SSSR count). The Morgan fingerprint density at radius 3 is 1.62 bits per heavy atom. The van der Waals surface area contributed by atoms with Crippen molar-refractivity contribution in [1.82, 2.24) is 0 Å². The number of rotatable bonds is 0. The maximum absolute atomic E-state index is 2.18. The van der Waals surface area contributed by atoms with E-state index in [-0.39, 0.29) is 0 Å². The van der Waals surface area contributed by atoms with Crippen molar-refractivity contribution in [3.63, 3.8) is 0 Å². The quantitative estimate of drug-likeness (QED) is 0.490. The lowest BCUT2D eigenvalue weighted by Gasteiger charge is -1.99. The van der Waals surface area contributed by atoms with Crippen LogP contribution in [0, 0.1) is 5.92 Å². The molecule has 1 aliphatic carbocycles. The molecule has 0 atom stereocenters. The molecule has 0 radical (unpaired) electrons. The van der Waals surface area contributed by atoms with Crippen molar-refractivity contribution >= 4 is 22.9 Å². The summed E-state index contributed by atoms with van der Waals surface area (Å²) in [5, 5.41) is 2.75. The van der Waals surface area contributed by atoms with Crippen LogP contribution in [0.4, 0.5) is 0 Å². The number of benzene rings is 2. The van der Waals surface area contributed by atoms with Crippen molar-refractivity contribution in [2.24, 2.45) is 5.92 Å². The predicted octanol–water partition coefficient (Wildman–Crippen LogP) is 4.99. The van der Waals surface area contributed by atoms with E-state index in [1.165, 1.54) is 21.9 Å². The number of hydrogen-bond acceptors (Lipinski definition) is 0. The molecule has 0 amide bonds. The molecule has 0 nitrogen and oxygen atoms in total.